The van der Waals surface area contributed by atoms with Crippen LogP contribution in [-0.4, -0.2) is 47.6 Å². The van der Waals surface area contributed by atoms with Crippen LogP contribution in [0.3, 0.4) is 0 Å². The maximum Gasteiger partial charge on any atom is 0.460 e. The molecular formula is C17H8BrF17. The predicted octanol–water partition coefficient (Wildman–Crippen LogP) is 8.86. The van der Waals surface area contributed by atoms with Crippen LogP contribution in [-0.2, 0) is 0 Å². The van der Waals surface area contributed by atoms with Crippen molar-refractivity contribution in [1.29, 1.82) is 0 Å². The van der Waals surface area contributed by atoms with E-state index in [1.54, 1.807) is 0 Å². The van der Waals surface area contributed by atoms with Gasteiger partial charge < -0.3 is 0 Å². The van der Waals surface area contributed by atoms with Gasteiger partial charge in [-0.25, -0.2) is 0 Å². The highest BCUT2D eigenvalue weighted by Crippen LogP contribution is 2.64. The Morgan fingerprint density at radius 3 is 1.23 bits per heavy atom. The third-order valence-electron chi connectivity index (χ3n) is 4.34. The zero-order valence-corrected chi connectivity index (χ0v) is 17.6. The third kappa shape index (κ3) is 4.82. The summed E-state index contributed by atoms with van der Waals surface area (Å²) in [6.45, 7) is 0. The molecule has 0 aliphatic carbocycles. The summed E-state index contributed by atoms with van der Waals surface area (Å²) in [6.07, 6.45) is -9.87. The molecule has 18 heteroatoms. The Bertz CT molecular complexity index is 912. The number of benzene rings is 1. The fourth-order valence-electron chi connectivity index (χ4n) is 2.24. The molecule has 1 aromatic carbocycles. The molecule has 0 N–H and O–H groups in total. The summed E-state index contributed by atoms with van der Waals surface area (Å²) in [4.78, 5) is 0. The summed E-state index contributed by atoms with van der Waals surface area (Å²) < 4.78 is 224. The Hall–Kier alpha value is -1.75. The van der Waals surface area contributed by atoms with Gasteiger partial charge in [-0.3, -0.25) is 0 Å². The Labute approximate surface area is 191 Å². The highest BCUT2D eigenvalue weighted by molar-refractivity contribution is 9.10. The minimum Gasteiger partial charge on any atom is -0.199 e. The van der Waals surface area contributed by atoms with Crippen molar-refractivity contribution in [1.82, 2.24) is 0 Å². The molecule has 0 saturated heterocycles. The Balaban J connectivity index is 3.44. The van der Waals surface area contributed by atoms with Crippen molar-refractivity contribution >= 4 is 22.0 Å². The average Bonchev–Trinajstić information content (AvgIpc) is 2.67. The van der Waals surface area contributed by atoms with Crippen molar-refractivity contribution in [2.24, 2.45) is 0 Å². The van der Waals surface area contributed by atoms with E-state index in [4.69, 9.17) is 0 Å². The van der Waals surface area contributed by atoms with Gasteiger partial charge in [0.1, 0.15) is 0 Å². The minimum absolute atomic E-state index is 0.0318. The summed E-state index contributed by atoms with van der Waals surface area (Å²) >= 11 is 2.94. The zero-order valence-electron chi connectivity index (χ0n) is 16.0. The number of halogens is 18. The topological polar surface area (TPSA) is 0 Å². The molecule has 1 rings (SSSR count). The molecule has 0 amide bonds. The van der Waals surface area contributed by atoms with Crippen molar-refractivity contribution in [2.75, 3.05) is 0 Å². The van der Waals surface area contributed by atoms with E-state index in [1.807, 2.05) is 0 Å². The SMILES string of the molecule is FC(F)(F)C(F)(F)C(F)(F)C(F)(F)C(F)(F)C(F)(F)C(F)(F)C(F)(F)CC=Cc1ccc(Br)cc1. The van der Waals surface area contributed by atoms with Crippen molar-refractivity contribution in [3.8, 4) is 0 Å². The molecule has 0 aliphatic heterocycles. The van der Waals surface area contributed by atoms with E-state index in [2.05, 4.69) is 15.9 Å². The zero-order chi connectivity index (χ0) is 28.1. The van der Waals surface area contributed by atoms with Crippen LogP contribution in [0.15, 0.2) is 34.8 Å². The summed E-state index contributed by atoms with van der Waals surface area (Å²) in [6, 6.07) is 4.78. The molecule has 0 saturated carbocycles. The van der Waals surface area contributed by atoms with Gasteiger partial charge in [0.15, 0.2) is 0 Å². The van der Waals surface area contributed by atoms with E-state index in [0.717, 1.165) is 12.1 Å². The van der Waals surface area contributed by atoms with Gasteiger partial charge >= 0.3 is 47.6 Å². The largest absolute Gasteiger partial charge is 0.460 e. The second-order valence-corrected chi connectivity index (χ2v) is 7.72. The van der Waals surface area contributed by atoms with Crippen LogP contribution in [0.25, 0.3) is 6.08 Å². The first-order valence-corrected chi connectivity index (χ1v) is 9.15. The highest BCUT2D eigenvalue weighted by atomic mass is 79.9. The standard InChI is InChI=1S/C17H8BrF17/c18-9-5-3-8(4-6-9)2-1-7-10(19,20)11(21,22)12(23,24)13(25,26)14(27,28)15(29,30)16(31,32)17(33,34)35/h1-6H,7H2. The van der Waals surface area contributed by atoms with Gasteiger partial charge in [-0.1, -0.05) is 40.2 Å². The fraction of sp³-hybridized carbons (Fsp3) is 0.529. The van der Waals surface area contributed by atoms with Gasteiger partial charge in [0.05, 0.1) is 0 Å². The van der Waals surface area contributed by atoms with Crippen LogP contribution in [0, 0.1) is 0 Å². The minimum atomic E-state index is -8.62. The van der Waals surface area contributed by atoms with Crippen LogP contribution < -0.4 is 0 Å². The Morgan fingerprint density at radius 2 is 0.857 bits per heavy atom. The maximum atomic E-state index is 13.7. The third-order valence-corrected chi connectivity index (χ3v) is 4.87. The number of hydrogen-bond donors (Lipinski definition) is 0. The van der Waals surface area contributed by atoms with Gasteiger partial charge in [0.25, 0.3) is 0 Å². The molecule has 202 valence electrons. The summed E-state index contributed by atoms with van der Waals surface area (Å²) in [5.74, 6) is -56.2. The van der Waals surface area contributed by atoms with Crippen molar-refractivity contribution in [2.45, 2.75) is 54.1 Å². The summed E-state index contributed by atoms with van der Waals surface area (Å²) in [5.41, 5.74) is -0.0648. The molecule has 0 spiro atoms. The second-order valence-electron chi connectivity index (χ2n) is 6.81. The highest BCUT2D eigenvalue weighted by Gasteiger charge is 2.95. The molecule has 0 radical (unpaired) electrons. The fourth-order valence-corrected chi connectivity index (χ4v) is 2.51. The molecule has 35 heavy (non-hydrogen) atoms. The van der Waals surface area contributed by atoms with Crippen molar-refractivity contribution < 1.29 is 74.6 Å². The van der Waals surface area contributed by atoms with E-state index >= 15 is 0 Å². The average molecular weight is 615 g/mol. The molecule has 0 bridgehead atoms. The molecule has 0 fully saturated rings. The molecule has 0 aliphatic rings. The lowest BCUT2D eigenvalue weighted by Gasteiger charge is -2.42. The monoisotopic (exact) mass is 614 g/mol. The van der Waals surface area contributed by atoms with Crippen molar-refractivity contribution in [3.63, 3.8) is 0 Å². The van der Waals surface area contributed by atoms with Crippen LogP contribution in [0.5, 0.6) is 0 Å². The first-order chi connectivity index (χ1) is 15.2. The van der Waals surface area contributed by atoms with Crippen molar-refractivity contribution in [3.05, 3.63) is 40.4 Å². The maximum absolute atomic E-state index is 13.7. The quantitative estimate of drug-likeness (QED) is 0.244. The smallest absolute Gasteiger partial charge is 0.199 e. The van der Waals surface area contributed by atoms with E-state index in [1.165, 1.54) is 12.1 Å². The van der Waals surface area contributed by atoms with E-state index < -0.39 is 54.1 Å². The summed E-state index contributed by atoms with van der Waals surface area (Å²) in [7, 11) is 0. The molecule has 0 nitrogen and oxygen atoms in total. The lowest BCUT2D eigenvalue weighted by Crippen LogP contribution is -2.74. The number of allylic oxidation sites excluding steroid dienone is 1. The number of alkyl halides is 17. The molecule has 0 aromatic heterocycles. The lowest BCUT2D eigenvalue weighted by molar-refractivity contribution is -0.461. The Kier molecular flexibility index (Phi) is 8.02. The lowest BCUT2D eigenvalue weighted by atomic mass is 9.88. The first kappa shape index (κ1) is 31.3. The van der Waals surface area contributed by atoms with Gasteiger partial charge in [0, 0.05) is 10.9 Å². The van der Waals surface area contributed by atoms with Crippen LogP contribution in [0.4, 0.5) is 74.6 Å². The van der Waals surface area contributed by atoms with E-state index in [0.29, 0.717) is 10.5 Å². The first-order valence-electron chi connectivity index (χ1n) is 8.36. The van der Waals surface area contributed by atoms with E-state index in [-0.39, 0.29) is 11.6 Å². The van der Waals surface area contributed by atoms with E-state index in [9.17, 15) is 74.6 Å². The molecule has 1 aromatic rings. The number of rotatable bonds is 9. The van der Waals surface area contributed by atoms with Crippen LogP contribution in [0.2, 0.25) is 0 Å². The normalized spacial score (nSPS) is 15.7. The van der Waals surface area contributed by atoms with Gasteiger partial charge in [-0.05, 0) is 17.7 Å². The Morgan fingerprint density at radius 1 is 0.514 bits per heavy atom. The molecular weight excluding hydrogens is 607 g/mol. The van der Waals surface area contributed by atoms with Crippen LogP contribution >= 0.6 is 15.9 Å². The summed E-state index contributed by atoms with van der Waals surface area (Å²) in [5, 5.41) is 0. The van der Waals surface area contributed by atoms with Gasteiger partial charge in [-0.2, -0.15) is 74.6 Å². The van der Waals surface area contributed by atoms with Gasteiger partial charge in [0.2, 0.25) is 0 Å². The number of hydrogen-bond acceptors (Lipinski definition) is 0. The van der Waals surface area contributed by atoms with Crippen LogP contribution in [0.1, 0.15) is 12.0 Å². The molecule has 0 heterocycles. The predicted molar refractivity (Wildman–Crippen MR) is 88.5 cm³/mol. The van der Waals surface area contributed by atoms with Gasteiger partial charge in [-0.15, -0.1) is 0 Å². The second kappa shape index (κ2) is 8.97. The molecule has 0 atom stereocenters. The molecule has 0 unspecified atom stereocenters.